The van der Waals surface area contributed by atoms with Crippen LogP contribution in [0.2, 0.25) is 0 Å². The van der Waals surface area contributed by atoms with Crippen LogP contribution in [0.25, 0.3) is 0 Å². The minimum absolute atomic E-state index is 0.259. The molecule has 4 nitrogen and oxygen atoms in total. The molecule has 0 saturated heterocycles. The second-order valence-corrected chi connectivity index (χ2v) is 2.90. The van der Waals surface area contributed by atoms with Gasteiger partial charge >= 0.3 is 6.01 Å². The van der Waals surface area contributed by atoms with Crippen molar-refractivity contribution >= 4 is 11.6 Å². The van der Waals surface area contributed by atoms with E-state index in [4.69, 9.17) is 21.1 Å². The summed E-state index contributed by atoms with van der Waals surface area (Å²) in [5, 5.41) is 0. The van der Waals surface area contributed by atoms with Crippen LogP contribution in [0.1, 0.15) is 12.0 Å². The van der Waals surface area contributed by atoms with Gasteiger partial charge in [-0.1, -0.05) is 11.8 Å². The minimum Gasteiger partial charge on any atom is -0.480 e. The molecule has 0 aliphatic carbocycles. The van der Waals surface area contributed by atoms with E-state index >= 15 is 0 Å². The first kappa shape index (κ1) is 11.6. The van der Waals surface area contributed by atoms with E-state index in [2.05, 4.69) is 21.8 Å². The molecular weight excluding hydrogens is 216 g/mol. The summed E-state index contributed by atoms with van der Waals surface area (Å²) >= 11 is 5.50. The lowest BCUT2D eigenvalue weighted by Gasteiger charge is -2.02. The Hall–Kier alpha value is -1.47. The predicted molar refractivity (Wildman–Crippen MR) is 57.4 cm³/mol. The molecular formula is C10H11ClN2O2. The molecule has 0 N–H and O–H groups in total. The molecule has 0 atom stereocenters. The number of rotatable bonds is 3. The highest BCUT2D eigenvalue weighted by Gasteiger charge is 2.04. The van der Waals surface area contributed by atoms with Gasteiger partial charge in [0.05, 0.1) is 20.4 Å². The van der Waals surface area contributed by atoms with Crippen LogP contribution in [0.3, 0.4) is 0 Å². The maximum absolute atomic E-state index is 5.50. The van der Waals surface area contributed by atoms with Gasteiger partial charge in [-0.05, 0) is 0 Å². The van der Waals surface area contributed by atoms with E-state index in [9.17, 15) is 0 Å². The van der Waals surface area contributed by atoms with Gasteiger partial charge in [0.2, 0.25) is 5.88 Å². The van der Waals surface area contributed by atoms with Gasteiger partial charge in [-0.2, -0.15) is 4.98 Å². The third kappa shape index (κ3) is 3.30. The largest absolute Gasteiger partial charge is 0.480 e. The fourth-order valence-corrected chi connectivity index (χ4v) is 0.990. The lowest BCUT2D eigenvalue weighted by molar-refractivity contribution is 0.351. The highest BCUT2D eigenvalue weighted by Crippen LogP contribution is 2.15. The highest BCUT2D eigenvalue weighted by atomic mass is 35.5. The molecule has 80 valence electrons. The average molecular weight is 227 g/mol. The second kappa shape index (κ2) is 6.10. The molecule has 15 heavy (non-hydrogen) atoms. The maximum atomic E-state index is 5.50. The summed E-state index contributed by atoms with van der Waals surface area (Å²) in [4.78, 5) is 7.93. The molecule has 1 aromatic heterocycles. The molecule has 0 bridgehead atoms. The van der Waals surface area contributed by atoms with E-state index in [-0.39, 0.29) is 6.01 Å². The Morgan fingerprint density at radius 2 is 2.20 bits per heavy atom. The number of aromatic nitrogens is 2. The summed E-state index contributed by atoms with van der Waals surface area (Å²) in [5.41, 5.74) is 0.628. The number of nitrogens with zero attached hydrogens (tertiary/aromatic N) is 2. The van der Waals surface area contributed by atoms with E-state index < -0.39 is 0 Å². The molecule has 0 spiro atoms. The van der Waals surface area contributed by atoms with Crippen molar-refractivity contribution < 1.29 is 9.47 Å². The van der Waals surface area contributed by atoms with E-state index in [1.54, 1.807) is 6.20 Å². The molecule has 1 rings (SSSR count). The molecule has 0 aliphatic heterocycles. The average Bonchev–Trinajstić information content (AvgIpc) is 2.29. The van der Waals surface area contributed by atoms with Crippen LogP contribution < -0.4 is 9.47 Å². The van der Waals surface area contributed by atoms with Crippen molar-refractivity contribution in [2.24, 2.45) is 0 Å². The molecule has 0 amide bonds. The topological polar surface area (TPSA) is 44.2 Å². The third-order valence-electron chi connectivity index (χ3n) is 1.55. The second-order valence-electron chi connectivity index (χ2n) is 2.52. The van der Waals surface area contributed by atoms with Crippen molar-refractivity contribution in [3.63, 3.8) is 0 Å². The van der Waals surface area contributed by atoms with Crippen molar-refractivity contribution in [2.45, 2.75) is 6.42 Å². The highest BCUT2D eigenvalue weighted by molar-refractivity contribution is 6.18. The van der Waals surface area contributed by atoms with Gasteiger partial charge in [-0.25, -0.2) is 4.98 Å². The lowest BCUT2D eigenvalue weighted by atomic mass is 10.3. The number of ether oxygens (including phenoxy) is 2. The monoisotopic (exact) mass is 226 g/mol. The summed E-state index contributed by atoms with van der Waals surface area (Å²) in [6.45, 7) is 0. The SMILES string of the molecule is COc1ncc(C#CCCCl)c(OC)n1. The molecule has 0 saturated carbocycles. The van der Waals surface area contributed by atoms with E-state index in [0.717, 1.165) is 0 Å². The van der Waals surface area contributed by atoms with Crippen LogP contribution >= 0.6 is 11.6 Å². The van der Waals surface area contributed by atoms with Gasteiger partial charge in [0, 0.05) is 12.3 Å². The molecule has 0 aliphatic rings. The zero-order valence-corrected chi connectivity index (χ0v) is 9.34. The number of halogens is 1. The van der Waals surface area contributed by atoms with Gasteiger partial charge in [0.25, 0.3) is 0 Å². The van der Waals surface area contributed by atoms with Crippen molar-refractivity contribution in [3.05, 3.63) is 11.8 Å². The lowest BCUT2D eigenvalue weighted by Crippen LogP contribution is -1.97. The molecule has 1 heterocycles. The standard InChI is InChI=1S/C10H11ClN2O2/c1-14-9-8(5-3-4-6-11)7-12-10(13-9)15-2/h7H,4,6H2,1-2H3. The van der Waals surface area contributed by atoms with Crippen LogP contribution in [-0.4, -0.2) is 30.1 Å². The molecule has 1 aromatic rings. The van der Waals surface area contributed by atoms with Crippen LogP contribution in [-0.2, 0) is 0 Å². The number of hydrogen-bond acceptors (Lipinski definition) is 4. The smallest absolute Gasteiger partial charge is 0.319 e. The van der Waals surface area contributed by atoms with Crippen LogP contribution in [0.5, 0.6) is 11.9 Å². The first-order valence-electron chi connectivity index (χ1n) is 4.31. The summed E-state index contributed by atoms with van der Waals surface area (Å²) < 4.78 is 9.92. The Balaban J connectivity index is 2.93. The summed E-state index contributed by atoms with van der Waals surface area (Å²) in [7, 11) is 3.02. The van der Waals surface area contributed by atoms with Crippen molar-refractivity contribution in [1.29, 1.82) is 0 Å². The van der Waals surface area contributed by atoms with Gasteiger partial charge in [0.15, 0.2) is 0 Å². The number of methoxy groups -OCH3 is 2. The summed E-state index contributed by atoms with van der Waals surface area (Å²) in [6.07, 6.45) is 2.18. The van der Waals surface area contributed by atoms with E-state index in [0.29, 0.717) is 23.7 Å². The number of hydrogen-bond donors (Lipinski definition) is 0. The van der Waals surface area contributed by atoms with Crippen molar-refractivity contribution in [1.82, 2.24) is 9.97 Å². The first-order valence-corrected chi connectivity index (χ1v) is 4.85. The van der Waals surface area contributed by atoms with Crippen LogP contribution in [0.4, 0.5) is 0 Å². The maximum Gasteiger partial charge on any atom is 0.319 e. The van der Waals surface area contributed by atoms with Gasteiger partial charge in [-0.3, -0.25) is 0 Å². The van der Waals surface area contributed by atoms with Gasteiger partial charge in [0.1, 0.15) is 5.56 Å². The third-order valence-corrected chi connectivity index (χ3v) is 1.74. The Labute approximate surface area is 93.6 Å². The Kier molecular flexibility index (Phi) is 4.72. The fraction of sp³-hybridized carbons (Fsp3) is 0.400. The van der Waals surface area contributed by atoms with Crippen LogP contribution in [0, 0.1) is 11.8 Å². The minimum atomic E-state index is 0.259. The van der Waals surface area contributed by atoms with Crippen LogP contribution in [0.15, 0.2) is 6.20 Å². The molecule has 0 radical (unpaired) electrons. The number of alkyl halides is 1. The Bertz CT molecular complexity index is 385. The van der Waals surface area contributed by atoms with Crippen molar-refractivity contribution in [2.75, 3.05) is 20.1 Å². The first-order chi connectivity index (χ1) is 7.31. The molecule has 0 fully saturated rings. The summed E-state index contributed by atoms with van der Waals surface area (Å²) in [5.74, 6) is 6.67. The molecule has 0 aromatic carbocycles. The van der Waals surface area contributed by atoms with Gasteiger partial charge < -0.3 is 9.47 Å². The molecule has 5 heteroatoms. The zero-order chi connectivity index (χ0) is 11.1. The summed E-state index contributed by atoms with van der Waals surface area (Å²) in [6, 6.07) is 0.259. The quantitative estimate of drug-likeness (QED) is 0.579. The van der Waals surface area contributed by atoms with E-state index in [1.807, 2.05) is 0 Å². The fourth-order valence-electron chi connectivity index (χ4n) is 0.896. The van der Waals surface area contributed by atoms with Gasteiger partial charge in [-0.15, -0.1) is 11.6 Å². The Morgan fingerprint density at radius 1 is 1.40 bits per heavy atom. The zero-order valence-electron chi connectivity index (χ0n) is 8.58. The van der Waals surface area contributed by atoms with E-state index in [1.165, 1.54) is 14.2 Å². The normalized spacial score (nSPS) is 9.00. The molecule has 0 unspecified atom stereocenters. The van der Waals surface area contributed by atoms with Crippen molar-refractivity contribution in [3.8, 4) is 23.7 Å². The Morgan fingerprint density at radius 3 is 2.80 bits per heavy atom. The predicted octanol–water partition coefficient (Wildman–Crippen LogP) is 1.47.